The van der Waals surface area contributed by atoms with E-state index in [0.717, 1.165) is 17.7 Å². The molecule has 1 aromatic heterocycles. The normalized spacial score (nSPS) is 11.3. The highest BCUT2D eigenvalue weighted by Gasteiger charge is 2.14. The number of aryl methyl sites for hydroxylation is 3. The van der Waals surface area contributed by atoms with E-state index in [1.54, 1.807) is 59.4 Å². The van der Waals surface area contributed by atoms with Gasteiger partial charge in [0.1, 0.15) is 5.75 Å². The quantitative estimate of drug-likeness (QED) is 0.398. The summed E-state index contributed by atoms with van der Waals surface area (Å²) in [5.74, 6) is 1.18. The second-order valence-corrected chi connectivity index (χ2v) is 9.33. The molecule has 0 saturated heterocycles. The van der Waals surface area contributed by atoms with E-state index in [4.69, 9.17) is 4.74 Å². The molecule has 0 atom stereocenters. The average Bonchev–Trinajstić information content (AvgIpc) is 3.23. The van der Waals surface area contributed by atoms with E-state index in [0.29, 0.717) is 17.2 Å². The summed E-state index contributed by atoms with van der Waals surface area (Å²) < 4.78 is 35.4. The van der Waals surface area contributed by atoms with Gasteiger partial charge in [-0.2, -0.15) is 5.10 Å². The first-order chi connectivity index (χ1) is 15.3. The number of nitrogens with zero attached hydrogens (tertiary/aromatic N) is 2. The van der Waals surface area contributed by atoms with E-state index < -0.39 is 10.0 Å². The summed E-state index contributed by atoms with van der Waals surface area (Å²) in [4.78, 5) is 0.221. The van der Waals surface area contributed by atoms with Crippen molar-refractivity contribution < 1.29 is 13.2 Å². The van der Waals surface area contributed by atoms with Crippen molar-refractivity contribution in [1.82, 2.24) is 9.78 Å². The summed E-state index contributed by atoms with van der Waals surface area (Å²) in [7, 11) is -3.64. The summed E-state index contributed by atoms with van der Waals surface area (Å²) in [5.41, 5.74) is 4.91. The van der Waals surface area contributed by atoms with Gasteiger partial charge in [-0.25, -0.2) is 13.1 Å². The third-order valence-electron chi connectivity index (χ3n) is 5.10. The van der Waals surface area contributed by atoms with Crippen LogP contribution in [-0.2, 0) is 16.4 Å². The van der Waals surface area contributed by atoms with Gasteiger partial charge in [-0.15, -0.1) is 0 Å². The van der Waals surface area contributed by atoms with Gasteiger partial charge in [0.25, 0.3) is 10.0 Å². The minimum absolute atomic E-state index is 0.221. The van der Waals surface area contributed by atoms with Crippen LogP contribution in [-0.4, -0.2) is 18.2 Å². The molecule has 7 heteroatoms. The van der Waals surface area contributed by atoms with Gasteiger partial charge in [-0.3, -0.25) is 4.72 Å². The lowest BCUT2D eigenvalue weighted by Gasteiger charge is -2.10. The first kappa shape index (κ1) is 21.6. The molecule has 0 fully saturated rings. The number of rotatable bonds is 7. The van der Waals surface area contributed by atoms with Crippen molar-refractivity contribution in [3.63, 3.8) is 0 Å². The molecular formula is C25H25N3O3S. The molecule has 1 heterocycles. The molecule has 0 spiro atoms. The first-order valence-electron chi connectivity index (χ1n) is 10.4. The number of sulfonamides is 1. The third kappa shape index (κ3) is 4.84. The maximum Gasteiger partial charge on any atom is 0.261 e. The Kier molecular flexibility index (Phi) is 6.01. The summed E-state index contributed by atoms with van der Waals surface area (Å²) in [5, 5.41) is 4.43. The molecular weight excluding hydrogens is 422 g/mol. The standard InChI is InChI=1S/C25H25N3O3S/c1-4-20-15-19(3)7-14-25(20)28-17-23(16-26-28)31-22-10-8-21(9-11-22)27-32(29,30)24-12-5-18(2)6-13-24/h5-17,27H,4H2,1-3H3. The number of benzene rings is 3. The molecule has 3 aromatic carbocycles. The summed E-state index contributed by atoms with van der Waals surface area (Å²) in [6.07, 6.45) is 4.40. The van der Waals surface area contributed by atoms with E-state index >= 15 is 0 Å². The van der Waals surface area contributed by atoms with Crippen molar-refractivity contribution in [1.29, 1.82) is 0 Å². The Morgan fingerprint density at radius 2 is 1.59 bits per heavy atom. The first-order valence-corrected chi connectivity index (χ1v) is 11.8. The Morgan fingerprint density at radius 3 is 2.28 bits per heavy atom. The molecule has 32 heavy (non-hydrogen) atoms. The highest BCUT2D eigenvalue weighted by molar-refractivity contribution is 7.92. The fourth-order valence-electron chi connectivity index (χ4n) is 3.37. The second-order valence-electron chi connectivity index (χ2n) is 7.65. The maximum absolute atomic E-state index is 12.5. The van der Waals surface area contributed by atoms with Crippen molar-refractivity contribution in [2.75, 3.05) is 4.72 Å². The monoisotopic (exact) mass is 447 g/mol. The molecule has 0 aliphatic carbocycles. The van der Waals surface area contributed by atoms with Crippen molar-refractivity contribution in [2.24, 2.45) is 0 Å². The molecule has 164 valence electrons. The van der Waals surface area contributed by atoms with Crippen LogP contribution in [0.2, 0.25) is 0 Å². The molecule has 0 aliphatic rings. The molecule has 4 aromatic rings. The van der Waals surface area contributed by atoms with Crippen LogP contribution in [0.25, 0.3) is 5.69 Å². The molecule has 0 aliphatic heterocycles. The van der Waals surface area contributed by atoms with E-state index in [9.17, 15) is 8.42 Å². The smallest absolute Gasteiger partial charge is 0.261 e. The molecule has 0 unspecified atom stereocenters. The van der Waals surface area contributed by atoms with Crippen molar-refractivity contribution in [3.05, 3.63) is 95.8 Å². The molecule has 0 radical (unpaired) electrons. The van der Waals surface area contributed by atoms with Crippen molar-refractivity contribution in [2.45, 2.75) is 32.1 Å². The topological polar surface area (TPSA) is 73.2 Å². The fourth-order valence-corrected chi connectivity index (χ4v) is 4.43. The SMILES string of the molecule is CCc1cc(C)ccc1-n1cc(Oc2ccc(NS(=O)(=O)c3ccc(C)cc3)cc2)cn1. The average molecular weight is 448 g/mol. The number of hydrogen-bond acceptors (Lipinski definition) is 4. The van der Waals surface area contributed by atoms with Gasteiger partial charge in [0.2, 0.25) is 0 Å². The van der Waals surface area contributed by atoms with E-state index in [1.165, 1.54) is 11.1 Å². The molecule has 0 amide bonds. The van der Waals surface area contributed by atoms with Crippen LogP contribution in [0.15, 0.2) is 84.0 Å². The second kappa shape index (κ2) is 8.88. The van der Waals surface area contributed by atoms with Gasteiger partial charge in [0.05, 0.1) is 23.0 Å². The third-order valence-corrected chi connectivity index (χ3v) is 6.49. The zero-order valence-electron chi connectivity index (χ0n) is 18.2. The maximum atomic E-state index is 12.5. The lowest BCUT2D eigenvalue weighted by molar-refractivity contribution is 0.482. The van der Waals surface area contributed by atoms with E-state index in [2.05, 4.69) is 41.9 Å². The minimum atomic E-state index is -3.64. The Labute approximate surface area is 188 Å². The number of hydrogen-bond donors (Lipinski definition) is 1. The number of aromatic nitrogens is 2. The van der Waals surface area contributed by atoms with Gasteiger partial charge < -0.3 is 4.74 Å². The van der Waals surface area contributed by atoms with E-state index in [1.807, 2.05) is 13.1 Å². The van der Waals surface area contributed by atoms with Gasteiger partial charge in [-0.05, 0) is 68.3 Å². The Hall–Kier alpha value is -3.58. The van der Waals surface area contributed by atoms with Gasteiger partial charge in [-0.1, -0.05) is 42.3 Å². The Balaban J connectivity index is 1.46. The molecule has 0 bridgehead atoms. The van der Waals surface area contributed by atoms with E-state index in [-0.39, 0.29) is 4.90 Å². The van der Waals surface area contributed by atoms with Crippen LogP contribution >= 0.6 is 0 Å². The van der Waals surface area contributed by atoms with Crippen LogP contribution in [0.3, 0.4) is 0 Å². The van der Waals surface area contributed by atoms with Gasteiger partial charge in [0, 0.05) is 5.69 Å². The number of ether oxygens (including phenoxy) is 1. The largest absolute Gasteiger partial charge is 0.454 e. The zero-order valence-corrected chi connectivity index (χ0v) is 19.1. The number of nitrogens with one attached hydrogen (secondary N) is 1. The lowest BCUT2D eigenvalue weighted by Crippen LogP contribution is -2.12. The van der Waals surface area contributed by atoms with Crippen LogP contribution in [0, 0.1) is 13.8 Å². The fraction of sp³-hybridized carbons (Fsp3) is 0.160. The zero-order chi connectivity index (χ0) is 22.7. The van der Waals surface area contributed by atoms with Crippen LogP contribution < -0.4 is 9.46 Å². The van der Waals surface area contributed by atoms with Crippen molar-refractivity contribution >= 4 is 15.7 Å². The molecule has 0 saturated carbocycles. The predicted molar refractivity (Wildman–Crippen MR) is 126 cm³/mol. The van der Waals surface area contributed by atoms with Gasteiger partial charge in [0.15, 0.2) is 5.75 Å². The van der Waals surface area contributed by atoms with Gasteiger partial charge >= 0.3 is 0 Å². The summed E-state index contributed by atoms with van der Waals surface area (Å²) in [6.45, 7) is 6.11. The van der Waals surface area contributed by atoms with Crippen molar-refractivity contribution in [3.8, 4) is 17.2 Å². The van der Waals surface area contributed by atoms with Crippen LogP contribution in [0.1, 0.15) is 23.6 Å². The van der Waals surface area contributed by atoms with Crippen LogP contribution in [0.5, 0.6) is 11.5 Å². The highest BCUT2D eigenvalue weighted by Crippen LogP contribution is 2.26. The highest BCUT2D eigenvalue weighted by atomic mass is 32.2. The molecule has 1 N–H and O–H groups in total. The minimum Gasteiger partial charge on any atom is -0.454 e. The van der Waals surface area contributed by atoms with Crippen LogP contribution in [0.4, 0.5) is 5.69 Å². The lowest BCUT2D eigenvalue weighted by atomic mass is 10.1. The number of anilines is 1. The Morgan fingerprint density at radius 1 is 0.906 bits per heavy atom. The Bertz CT molecular complexity index is 1330. The summed E-state index contributed by atoms with van der Waals surface area (Å²) in [6, 6.07) is 19.8. The molecule has 6 nitrogen and oxygen atoms in total. The molecule has 4 rings (SSSR count). The predicted octanol–water partition coefficient (Wildman–Crippen LogP) is 5.64. The summed E-state index contributed by atoms with van der Waals surface area (Å²) >= 11 is 0.